The van der Waals surface area contributed by atoms with Gasteiger partial charge in [-0.1, -0.05) is 158 Å². The molecule has 7 aromatic rings. The molecule has 0 aliphatic heterocycles. The zero-order valence-corrected chi connectivity index (χ0v) is 30.5. The molecule has 0 radical (unpaired) electrons. The molecule has 0 amide bonds. The van der Waals surface area contributed by atoms with Gasteiger partial charge < -0.3 is 10.2 Å². The minimum atomic E-state index is 0.0449. The first-order valence-corrected chi connectivity index (χ1v) is 18.2. The van der Waals surface area contributed by atoms with Crippen molar-refractivity contribution in [1.82, 2.24) is 0 Å². The van der Waals surface area contributed by atoms with Gasteiger partial charge >= 0.3 is 0 Å². The maximum absolute atomic E-state index is 9.62. The average Bonchev–Trinajstić information content (AvgIpc) is 3.19. The van der Waals surface area contributed by atoms with Crippen molar-refractivity contribution in [1.29, 1.82) is 0 Å². The summed E-state index contributed by atoms with van der Waals surface area (Å²) in [6.07, 6.45) is 0. The molecule has 0 aliphatic carbocycles. The zero-order chi connectivity index (χ0) is 36.2. The van der Waals surface area contributed by atoms with E-state index in [0.29, 0.717) is 0 Å². The van der Waals surface area contributed by atoms with Crippen LogP contribution in [0.1, 0.15) is 78.6 Å². The maximum atomic E-state index is 9.62. The van der Waals surface area contributed by atoms with E-state index in [1.165, 1.54) is 77.9 Å². The highest BCUT2D eigenvalue weighted by Gasteiger charge is 2.19. The first-order valence-electron chi connectivity index (χ1n) is 18.2. The van der Waals surface area contributed by atoms with E-state index < -0.39 is 0 Å². The van der Waals surface area contributed by atoms with Crippen molar-refractivity contribution in [3.8, 4) is 22.3 Å². The Hall–Kier alpha value is -5.54. The van der Waals surface area contributed by atoms with Gasteiger partial charge in [0, 0.05) is 11.8 Å². The summed E-state index contributed by atoms with van der Waals surface area (Å²) >= 11 is 0. The standard InChI is InChI=1S/C50H46O2/c1-33-5-11-47(29-35(33)3)49(43-13-7-37(31-51)8-14-43)45-25-21-41(22-26-45)39-17-19-40(20-18-39)42-23-27-46(28-24-42)50(44-15-9-38(32-52)10-16-44)48-12-6-34(2)36(4)30-48/h5-30,49-52H,31-32H2,1-4H3. The van der Waals surface area contributed by atoms with Crippen molar-refractivity contribution < 1.29 is 10.2 Å². The SMILES string of the molecule is Cc1ccc(C(c2ccc(CO)cc2)c2ccc(-c3ccc(-c4ccc(C(c5ccc(CO)cc5)c5ccc(C)c(C)c5)cc4)cc3)cc2)cc1C. The largest absolute Gasteiger partial charge is 0.392 e. The fraction of sp³-hybridized carbons (Fsp3) is 0.160. The molecule has 0 aliphatic rings. The second-order valence-electron chi connectivity index (χ2n) is 14.2. The van der Waals surface area contributed by atoms with Crippen LogP contribution in [0.15, 0.2) is 158 Å². The lowest BCUT2D eigenvalue weighted by atomic mass is 9.83. The van der Waals surface area contributed by atoms with E-state index >= 15 is 0 Å². The van der Waals surface area contributed by atoms with Gasteiger partial charge in [-0.3, -0.25) is 0 Å². The van der Waals surface area contributed by atoms with Crippen molar-refractivity contribution >= 4 is 0 Å². The molecule has 0 spiro atoms. The summed E-state index contributed by atoms with van der Waals surface area (Å²) in [6.45, 7) is 8.75. The van der Waals surface area contributed by atoms with Crippen molar-refractivity contribution in [2.75, 3.05) is 0 Å². The Kier molecular flexibility index (Phi) is 10.3. The molecule has 0 heterocycles. The predicted molar refractivity (Wildman–Crippen MR) is 216 cm³/mol. The molecular formula is C50H46O2. The highest BCUT2D eigenvalue weighted by atomic mass is 16.3. The minimum absolute atomic E-state index is 0.0449. The number of hydrogen-bond acceptors (Lipinski definition) is 2. The van der Waals surface area contributed by atoms with Crippen LogP contribution >= 0.6 is 0 Å². The molecular weight excluding hydrogens is 633 g/mol. The van der Waals surface area contributed by atoms with Gasteiger partial charge in [0.1, 0.15) is 0 Å². The molecule has 2 heteroatoms. The van der Waals surface area contributed by atoms with E-state index in [1.807, 2.05) is 24.3 Å². The summed E-state index contributed by atoms with van der Waals surface area (Å²) < 4.78 is 0. The maximum Gasteiger partial charge on any atom is 0.0681 e. The van der Waals surface area contributed by atoms with Crippen molar-refractivity contribution in [3.63, 3.8) is 0 Å². The van der Waals surface area contributed by atoms with E-state index in [1.54, 1.807) is 0 Å². The Labute approximate surface area is 308 Å². The topological polar surface area (TPSA) is 40.5 Å². The van der Waals surface area contributed by atoms with Crippen LogP contribution in [0.5, 0.6) is 0 Å². The van der Waals surface area contributed by atoms with Crippen LogP contribution in [0.4, 0.5) is 0 Å². The van der Waals surface area contributed by atoms with Gasteiger partial charge in [-0.2, -0.15) is 0 Å². The van der Waals surface area contributed by atoms with Gasteiger partial charge in [-0.25, -0.2) is 0 Å². The van der Waals surface area contributed by atoms with Crippen LogP contribution in [-0.2, 0) is 13.2 Å². The molecule has 258 valence electrons. The quantitative estimate of drug-likeness (QED) is 0.141. The Bertz CT molecular complexity index is 2100. The Morgan fingerprint density at radius 2 is 0.558 bits per heavy atom. The van der Waals surface area contributed by atoms with Crippen molar-refractivity contribution in [2.24, 2.45) is 0 Å². The average molecular weight is 679 g/mol. The van der Waals surface area contributed by atoms with Crippen LogP contribution in [0.25, 0.3) is 22.3 Å². The third kappa shape index (κ3) is 7.41. The van der Waals surface area contributed by atoms with Crippen LogP contribution in [0, 0.1) is 27.7 Å². The Morgan fingerprint density at radius 3 is 0.827 bits per heavy atom. The van der Waals surface area contributed by atoms with Gasteiger partial charge in [-0.05, 0) is 117 Å². The molecule has 7 rings (SSSR count). The normalized spacial score (nSPS) is 12.4. The monoisotopic (exact) mass is 678 g/mol. The number of aliphatic hydroxyl groups is 2. The number of hydrogen-bond donors (Lipinski definition) is 2. The van der Waals surface area contributed by atoms with E-state index in [2.05, 4.69) is 161 Å². The Morgan fingerprint density at radius 1 is 0.308 bits per heavy atom. The van der Waals surface area contributed by atoms with E-state index in [4.69, 9.17) is 0 Å². The fourth-order valence-corrected chi connectivity index (χ4v) is 7.27. The Balaban J connectivity index is 1.14. The number of aliphatic hydroxyl groups excluding tert-OH is 2. The van der Waals surface area contributed by atoms with Crippen LogP contribution in [-0.4, -0.2) is 10.2 Å². The number of rotatable bonds is 10. The van der Waals surface area contributed by atoms with Crippen molar-refractivity contribution in [3.05, 3.63) is 224 Å². The van der Waals surface area contributed by atoms with Crippen LogP contribution in [0.3, 0.4) is 0 Å². The highest BCUT2D eigenvalue weighted by Crippen LogP contribution is 2.37. The molecule has 52 heavy (non-hydrogen) atoms. The first kappa shape index (κ1) is 34.9. The molecule has 0 saturated carbocycles. The number of aryl methyl sites for hydroxylation is 4. The summed E-state index contributed by atoms with van der Waals surface area (Å²) in [7, 11) is 0. The second kappa shape index (κ2) is 15.4. The van der Waals surface area contributed by atoms with Crippen molar-refractivity contribution in [2.45, 2.75) is 52.7 Å². The molecule has 2 N–H and O–H groups in total. The van der Waals surface area contributed by atoms with Gasteiger partial charge in [0.05, 0.1) is 13.2 Å². The molecule has 0 aromatic heterocycles. The van der Waals surface area contributed by atoms with E-state index in [9.17, 15) is 10.2 Å². The summed E-state index contributed by atoms with van der Waals surface area (Å²) in [5.41, 5.74) is 19.2. The smallest absolute Gasteiger partial charge is 0.0681 e. The highest BCUT2D eigenvalue weighted by molar-refractivity contribution is 5.71. The van der Waals surface area contributed by atoms with Gasteiger partial charge in [0.15, 0.2) is 0 Å². The third-order valence-corrected chi connectivity index (χ3v) is 10.8. The molecule has 0 bridgehead atoms. The molecule has 2 unspecified atom stereocenters. The second-order valence-corrected chi connectivity index (χ2v) is 14.2. The molecule has 2 nitrogen and oxygen atoms in total. The van der Waals surface area contributed by atoms with E-state index in [-0.39, 0.29) is 25.0 Å². The fourth-order valence-electron chi connectivity index (χ4n) is 7.27. The lowest BCUT2D eigenvalue weighted by Crippen LogP contribution is -2.04. The van der Waals surface area contributed by atoms with Gasteiger partial charge in [0.25, 0.3) is 0 Å². The molecule has 0 fully saturated rings. The van der Waals surface area contributed by atoms with Crippen LogP contribution < -0.4 is 0 Å². The summed E-state index contributed by atoms with van der Waals surface area (Å²) in [6, 6.07) is 57.0. The summed E-state index contributed by atoms with van der Waals surface area (Å²) in [4.78, 5) is 0. The molecule has 7 aromatic carbocycles. The zero-order valence-electron chi connectivity index (χ0n) is 30.5. The van der Waals surface area contributed by atoms with E-state index in [0.717, 1.165) is 11.1 Å². The summed E-state index contributed by atoms with van der Waals surface area (Å²) in [5.74, 6) is 0.196. The molecule has 0 saturated heterocycles. The molecule has 2 atom stereocenters. The minimum Gasteiger partial charge on any atom is -0.392 e. The third-order valence-electron chi connectivity index (χ3n) is 10.8. The summed E-state index contributed by atoms with van der Waals surface area (Å²) in [5, 5.41) is 19.2. The number of benzene rings is 7. The van der Waals surface area contributed by atoms with Crippen LogP contribution in [0.2, 0.25) is 0 Å². The predicted octanol–water partition coefficient (Wildman–Crippen LogP) is 11.6. The first-order chi connectivity index (χ1) is 25.3. The van der Waals surface area contributed by atoms with Gasteiger partial charge in [-0.15, -0.1) is 0 Å². The lowest BCUT2D eigenvalue weighted by Gasteiger charge is -2.21. The lowest BCUT2D eigenvalue weighted by molar-refractivity contribution is 0.281. The van der Waals surface area contributed by atoms with Gasteiger partial charge in [0.2, 0.25) is 0 Å².